The summed E-state index contributed by atoms with van der Waals surface area (Å²) in [5.41, 5.74) is 1.74. The molecule has 0 bridgehead atoms. The van der Waals surface area contributed by atoms with Crippen LogP contribution in [0.5, 0.6) is 0 Å². The number of benzene rings is 2. The van der Waals surface area contributed by atoms with Crippen molar-refractivity contribution >= 4 is 39.1 Å². The maximum Gasteiger partial charge on any atom is 0.329 e. The molecule has 0 saturated heterocycles. The van der Waals surface area contributed by atoms with E-state index in [2.05, 4.69) is 4.98 Å². The molecule has 8 heteroatoms. The van der Waals surface area contributed by atoms with Crippen LogP contribution in [-0.2, 0) is 16.1 Å². The number of nitrogens with zero attached hydrogens (tertiary/aromatic N) is 2. The molecular formula is C23H18ClFN2O3S. The molecule has 0 radical (unpaired) electrons. The van der Waals surface area contributed by atoms with Crippen molar-refractivity contribution in [2.45, 2.75) is 26.5 Å². The SMILES string of the molecule is Cc1sc2ncn(C(C)C(=O)OCc3ccccc3Cl)c(=O)c2c1-c1ccc(F)cc1. The lowest BCUT2D eigenvalue weighted by Crippen LogP contribution is -2.29. The zero-order chi connectivity index (χ0) is 22.1. The van der Waals surface area contributed by atoms with E-state index in [1.165, 1.54) is 34.4 Å². The average Bonchev–Trinajstić information content (AvgIpc) is 3.10. The number of ether oxygens (including phenoxy) is 1. The Morgan fingerprint density at radius 3 is 2.65 bits per heavy atom. The number of fused-ring (bicyclic) bond motifs is 1. The summed E-state index contributed by atoms with van der Waals surface area (Å²) in [6, 6.07) is 12.1. The molecule has 4 aromatic rings. The van der Waals surface area contributed by atoms with Gasteiger partial charge in [0.15, 0.2) is 0 Å². The Balaban J connectivity index is 1.68. The Morgan fingerprint density at radius 1 is 1.23 bits per heavy atom. The van der Waals surface area contributed by atoms with Gasteiger partial charge in [0.25, 0.3) is 5.56 Å². The van der Waals surface area contributed by atoms with Gasteiger partial charge in [0.05, 0.1) is 11.7 Å². The summed E-state index contributed by atoms with van der Waals surface area (Å²) in [6.07, 6.45) is 1.36. The fourth-order valence-corrected chi connectivity index (χ4v) is 4.55. The number of thiophene rings is 1. The fourth-order valence-electron chi connectivity index (χ4n) is 3.35. The van der Waals surface area contributed by atoms with Crippen molar-refractivity contribution in [3.8, 4) is 11.1 Å². The maximum atomic E-state index is 13.4. The molecule has 1 atom stereocenters. The van der Waals surface area contributed by atoms with Crippen molar-refractivity contribution in [3.05, 3.63) is 86.5 Å². The van der Waals surface area contributed by atoms with E-state index in [0.717, 1.165) is 10.4 Å². The van der Waals surface area contributed by atoms with Gasteiger partial charge in [-0.15, -0.1) is 11.3 Å². The van der Waals surface area contributed by atoms with E-state index < -0.39 is 12.0 Å². The van der Waals surface area contributed by atoms with Gasteiger partial charge in [-0.1, -0.05) is 41.9 Å². The van der Waals surface area contributed by atoms with Crippen LogP contribution >= 0.6 is 22.9 Å². The normalized spacial score (nSPS) is 12.1. The van der Waals surface area contributed by atoms with Crippen LogP contribution in [0, 0.1) is 12.7 Å². The molecule has 0 aliphatic heterocycles. The molecule has 0 aliphatic carbocycles. The van der Waals surface area contributed by atoms with Crippen LogP contribution in [-0.4, -0.2) is 15.5 Å². The second-order valence-corrected chi connectivity index (χ2v) is 8.66. The lowest BCUT2D eigenvalue weighted by atomic mass is 10.0. The summed E-state index contributed by atoms with van der Waals surface area (Å²) in [6.45, 7) is 3.47. The first-order chi connectivity index (χ1) is 14.9. The Morgan fingerprint density at radius 2 is 1.94 bits per heavy atom. The molecule has 0 fully saturated rings. The van der Waals surface area contributed by atoms with E-state index in [0.29, 0.717) is 26.4 Å². The Kier molecular flexibility index (Phi) is 5.89. The van der Waals surface area contributed by atoms with Crippen molar-refractivity contribution in [1.82, 2.24) is 9.55 Å². The lowest BCUT2D eigenvalue weighted by Gasteiger charge is -2.15. The van der Waals surface area contributed by atoms with E-state index in [1.807, 2.05) is 6.92 Å². The monoisotopic (exact) mass is 456 g/mol. The molecule has 0 amide bonds. The Bertz CT molecular complexity index is 1330. The van der Waals surface area contributed by atoms with Gasteiger partial charge in [-0.2, -0.15) is 0 Å². The number of halogens is 2. The van der Waals surface area contributed by atoms with Gasteiger partial charge in [0.2, 0.25) is 0 Å². The molecular weight excluding hydrogens is 439 g/mol. The number of hydrogen-bond acceptors (Lipinski definition) is 5. The van der Waals surface area contributed by atoms with E-state index in [-0.39, 0.29) is 18.0 Å². The third-order valence-electron chi connectivity index (χ3n) is 5.03. The first kappa shape index (κ1) is 21.2. The van der Waals surface area contributed by atoms with Gasteiger partial charge in [0, 0.05) is 21.0 Å². The first-order valence-electron chi connectivity index (χ1n) is 9.53. The summed E-state index contributed by atoms with van der Waals surface area (Å²) < 4.78 is 20.0. The molecule has 1 unspecified atom stereocenters. The number of carbonyl (C=O) groups excluding carboxylic acids is 1. The summed E-state index contributed by atoms with van der Waals surface area (Å²) >= 11 is 7.48. The highest BCUT2D eigenvalue weighted by atomic mass is 35.5. The third-order valence-corrected chi connectivity index (χ3v) is 6.41. The number of aryl methyl sites for hydroxylation is 1. The molecule has 31 heavy (non-hydrogen) atoms. The molecule has 2 aromatic heterocycles. The summed E-state index contributed by atoms with van der Waals surface area (Å²) in [7, 11) is 0. The van der Waals surface area contributed by atoms with E-state index >= 15 is 0 Å². The predicted molar refractivity (Wildman–Crippen MR) is 120 cm³/mol. The van der Waals surface area contributed by atoms with Crippen LogP contribution in [0.4, 0.5) is 4.39 Å². The van der Waals surface area contributed by atoms with Crippen LogP contribution in [0.25, 0.3) is 21.3 Å². The second-order valence-electron chi connectivity index (χ2n) is 7.05. The minimum atomic E-state index is -0.881. The summed E-state index contributed by atoms with van der Waals surface area (Å²) in [5, 5.41) is 0.906. The molecule has 2 aromatic carbocycles. The number of rotatable bonds is 5. The third kappa shape index (κ3) is 4.11. The molecule has 0 saturated carbocycles. The average molecular weight is 457 g/mol. The van der Waals surface area contributed by atoms with Crippen LogP contribution in [0.1, 0.15) is 23.4 Å². The van der Waals surface area contributed by atoms with Crippen molar-refractivity contribution in [1.29, 1.82) is 0 Å². The number of esters is 1. The zero-order valence-electron chi connectivity index (χ0n) is 16.8. The lowest BCUT2D eigenvalue weighted by molar-refractivity contribution is -0.148. The highest BCUT2D eigenvalue weighted by molar-refractivity contribution is 7.19. The van der Waals surface area contributed by atoms with Crippen molar-refractivity contribution < 1.29 is 13.9 Å². The molecule has 158 valence electrons. The number of carbonyl (C=O) groups is 1. The maximum absolute atomic E-state index is 13.4. The number of hydrogen-bond donors (Lipinski definition) is 0. The van der Waals surface area contributed by atoms with Gasteiger partial charge >= 0.3 is 5.97 Å². The molecule has 5 nitrogen and oxygen atoms in total. The van der Waals surface area contributed by atoms with E-state index in [9.17, 15) is 14.0 Å². The molecule has 0 spiro atoms. The van der Waals surface area contributed by atoms with Crippen LogP contribution in [0.3, 0.4) is 0 Å². The van der Waals surface area contributed by atoms with Crippen molar-refractivity contribution in [3.63, 3.8) is 0 Å². The Labute approximate surface area is 186 Å². The topological polar surface area (TPSA) is 61.2 Å². The number of aromatic nitrogens is 2. The summed E-state index contributed by atoms with van der Waals surface area (Å²) in [5.74, 6) is -0.926. The van der Waals surface area contributed by atoms with Crippen LogP contribution in [0.15, 0.2) is 59.7 Å². The molecule has 0 aliphatic rings. The smallest absolute Gasteiger partial charge is 0.329 e. The van der Waals surface area contributed by atoms with Gasteiger partial charge in [0.1, 0.15) is 23.3 Å². The van der Waals surface area contributed by atoms with Gasteiger partial charge in [-0.25, -0.2) is 14.2 Å². The standard InChI is InChI=1S/C23H18ClFN2O3S/c1-13(23(29)30-11-16-5-3-4-6-18(16)24)27-12-26-21-20(22(27)28)19(14(2)31-21)15-7-9-17(25)10-8-15/h3-10,12-13H,11H2,1-2H3. The highest BCUT2D eigenvalue weighted by Crippen LogP contribution is 2.35. The molecule has 2 heterocycles. The van der Waals surface area contributed by atoms with Crippen molar-refractivity contribution in [2.24, 2.45) is 0 Å². The Hall–Kier alpha value is -3.03. The van der Waals surface area contributed by atoms with Gasteiger partial charge in [-0.3, -0.25) is 9.36 Å². The highest BCUT2D eigenvalue weighted by Gasteiger charge is 2.23. The predicted octanol–water partition coefficient (Wildman–Crippen LogP) is 5.53. The van der Waals surface area contributed by atoms with E-state index in [4.69, 9.17) is 16.3 Å². The van der Waals surface area contributed by atoms with Gasteiger partial charge < -0.3 is 4.74 Å². The van der Waals surface area contributed by atoms with Crippen LogP contribution in [0.2, 0.25) is 5.02 Å². The minimum Gasteiger partial charge on any atom is -0.459 e. The molecule has 0 N–H and O–H groups in total. The van der Waals surface area contributed by atoms with E-state index in [1.54, 1.807) is 43.3 Å². The molecule has 4 rings (SSSR count). The van der Waals surface area contributed by atoms with Crippen molar-refractivity contribution in [2.75, 3.05) is 0 Å². The largest absolute Gasteiger partial charge is 0.459 e. The van der Waals surface area contributed by atoms with Crippen LogP contribution < -0.4 is 5.56 Å². The minimum absolute atomic E-state index is 0.00561. The van der Waals surface area contributed by atoms with Gasteiger partial charge in [-0.05, 0) is 37.6 Å². The second kappa shape index (κ2) is 8.61. The zero-order valence-corrected chi connectivity index (χ0v) is 18.3. The quantitative estimate of drug-likeness (QED) is 0.370. The summed E-state index contributed by atoms with van der Waals surface area (Å²) in [4.78, 5) is 31.8. The first-order valence-corrected chi connectivity index (χ1v) is 10.7. The fraction of sp³-hybridized carbons (Fsp3) is 0.174.